The van der Waals surface area contributed by atoms with E-state index in [-0.39, 0.29) is 17.5 Å². The zero-order chi connectivity index (χ0) is 15.8. The molecule has 0 saturated heterocycles. The third-order valence-electron chi connectivity index (χ3n) is 4.28. The number of benzene rings is 1. The van der Waals surface area contributed by atoms with Gasteiger partial charge < -0.3 is 16.2 Å². The quantitative estimate of drug-likeness (QED) is 0.762. The molecule has 1 aliphatic rings. The molecule has 0 bridgehead atoms. The Morgan fingerprint density at radius 2 is 2.14 bits per heavy atom. The summed E-state index contributed by atoms with van der Waals surface area (Å²) in [7, 11) is 0. The summed E-state index contributed by atoms with van der Waals surface area (Å²) in [6.45, 7) is 3.92. The standard InChI is InChI=1S/C15H19FN2O3/c1-8-6-15(8,2)10-3-9(4-11(16)5-10)13(19)18-7-12(17)14(20)21/h3-5,8,12H,6-7,17H2,1-2H3,(H,18,19)(H,20,21)/t8?,12-,15?/m1/s1. The molecule has 21 heavy (non-hydrogen) atoms. The number of nitrogens with one attached hydrogen (secondary N) is 1. The van der Waals surface area contributed by atoms with Crippen LogP contribution in [0.25, 0.3) is 0 Å². The van der Waals surface area contributed by atoms with Crippen molar-refractivity contribution in [3.63, 3.8) is 0 Å². The second-order valence-corrected chi connectivity index (χ2v) is 5.91. The Labute approximate surface area is 122 Å². The number of carboxylic acid groups (broad SMARTS) is 1. The van der Waals surface area contributed by atoms with Gasteiger partial charge in [-0.05, 0) is 41.5 Å². The summed E-state index contributed by atoms with van der Waals surface area (Å²) in [5, 5.41) is 11.1. The molecule has 6 heteroatoms. The molecule has 1 aromatic carbocycles. The molecule has 0 aromatic heterocycles. The van der Waals surface area contributed by atoms with E-state index in [0.717, 1.165) is 18.1 Å². The van der Waals surface area contributed by atoms with Gasteiger partial charge in [0.2, 0.25) is 0 Å². The van der Waals surface area contributed by atoms with Crippen LogP contribution >= 0.6 is 0 Å². The van der Waals surface area contributed by atoms with E-state index < -0.39 is 23.7 Å². The van der Waals surface area contributed by atoms with Crippen LogP contribution in [0.2, 0.25) is 0 Å². The minimum Gasteiger partial charge on any atom is -0.480 e. The number of amides is 1. The van der Waals surface area contributed by atoms with Gasteiger partial charge in [-0.1, -0.05) is 13.8 Å². The van der Waals surface area contributed by atoms with Gasteiger partial charge in [-0.2, -0.15) is 0 Å². The fourth-order valence-corrected chi connectivity index (χ4v) is 2.42. The van der Waals surface area contributed by atoms with Gasteiger partial charge in [0.25, 0.3) is 5.91 Å². The molecule has 114 valence electrons. The van der Waals surface area contributed by atoms with Gasteiger partial charge >= 0.3 is 5.97 Å². The molecule has 0 radical (unpaired) electrons. The van der Waals surface area contributed by atoms with Crippen molar-refractivity contribution in [3.8, 4) is 0 Å². The lowest BCUT2D eigenvalue weighted by molar-refractivity contribution is -0.138. The lowest BCUT2D eigenvalue weighted by Crippen LogP contribution is -2.42. The third-order valence-corrected chi connectivity index (χ3v) is 4.28. The highest BCUT2D eigenvalue weighted by molar-refractivity contribution is 5.94. The van der Waals surface area contributed by atoms with Gasteiger partial charge in [-0.3, -0.25) is 9.59 Å². The highest BCUT2D eigenvalue weighted by Crippen LogP contribution is 2.53. The Bertz CT molecular complexity index is 590. The van der Waals surface area contributed by atoms with E-state index in [9.17, 15) is 14.0 Å². The van der Waals surface area contributed by atoms with Crippen molar-refractivity contribution in [2.75, 3.05) is 6.54 Å². The van der Waals surface area contributed by atoms with Crippen LogP contribution < -0.4 is 11.1 Å². The highest BCUT2D eigenvalue weighted by atomic mass is 19.1. The van der Waals surface area contributed by atoms with E-state index in [0.29, 0.717) is 5.92 Å². The minimum absolute atomic E-state index is 0.0887. The summed E-state index contributed by atoms with van der Waals surface area (Å²) in [6.07, 6.45) is 0.960. The van der Waals surface area contributed by atoms with E-state index in [1.165, 1.54) is 6.07 Å². The molecular weight excluding hydrogens is 275 g/mol. The van der Waals surface area contributed by atoms with Crippen LogP contribution in [-0.2, 0) is 10.2 Å². The Morgan fingerprint density at radius 1 is 1.52 bits per heavy atom. The van der Waals surface area contributed by atoms with E-state index in [1.807, 2.05) is 6.92 Å². The lowest BCUT2D eigenvalue weighted by Gasteiger charge is -2.13. The number of carbonyl (C=O) groups excluding carboxylic acids is 1. The average molecular weight is 294 g/mol. The molecule has 5 nitrogen and oxygen atoms in total. The van der Waals surface area contributed by atoms with Gasteiger partial charge in [0.05, 0.1) is 0 Å². The van der Waals surface area contributed by atoms with Crippen LogP contribution in [0.5, 0.6) is 0 Å². The van der Waals surface area contributed by atoms with E-state index >= 15 is 0 Å². The molecule has 0 spiro atoms. The van der Waals surface area contributed by atoms with Gasteiger partial charge in [0, 0.05) is 12.1 Å². The van der Waals surface area contributed by atoms with E-state index in [1.54, 1.807) is 6.07 Å². The largest absolute Gasteiger partial charge is 0.480 e. The summed E-state index contributed by atoms with van der Waals surface area (Å²) in [5.74, 6) is -1.74. The normalized spacial score (nSPS) is 25.2. The van der Waals surface area contributed by atoms with Crippen LogP contribution in [-0.4, -0.2) is 29.6 Å². The average Bonchev–Trinajstić information content (AvgIpc) is 3.04. The molecule has 1 aliphatic carbocycles. The molecular formula is C15H19FN2O3. The molecule has 2 unspecified atom stereocenters. The molecule has 1 aromatic rings. The number of halogens is 1. The molecule has 1 fully saturated rings. The van der Waals surface area contributed by atoms with Gasteiger partial charge in [-0.15, -0.1) is 0 Å². The first-order chi connectivity index (χ1) is 9.74. The molecule has 1 amide bonds. The fraction of sp³-hybridized carbons (Fsp3) is 0.467. The Morgan fingerprint density at radius 3 is 2.67 bits per heavy atom. The number of aliphatic carboxylic acids is 1. The van der Waals surface area contributed by atoms with Crippen molar-refractivity contribution in [1.29, 1.82) is 0 Å². The molecule has 1 saturated carbocycles. The van der Waals surface area contributed by atoms with Crippen LogP contribution in [0.15, 0.2) is 18.2 Å². The second kappa shape index (κ2) is 5.44. The van der Waals surface area contributed by atoms with Gasteiger partial charge in [0.15, 0.2) is 0 Å². The van der Waals surface area contributed by atoms with E-state index in [4.69, 9.17) is 10.8 Å². The maximum absolute atomic E-state index is 13.7. The second-order valence-electron chi connectivity index (χ2n) is 5.91. The summed E-state index contributed by atoms with van der Waals surface area (Å²) in [6, 6.07) is 3.07. The number of nitrogens with two attached hydrogens (primary N) is 1. The Balaban J connectivity index is 2.13. The third kappa shape index (κ3) is 3.21. The summed E-state index contributed by atoms with van der Waals surface area (Å²) >= 11 is 0. The molecule has 0 heterocycles. The maximum atomic E-state index is 13.7. The van der Waals surface area contributed by atoms with Crippen molar-refractivity contribution in [2.24, 2.45) is 11.7 Å². The van der Waals surface area contributed by atoms with Gasteiger partial charge in [0.1, 0.15) is 11.9 Å². The zero-order valence-corrected chi connectivity index (χ0v) is 12.0. The fourth-order valence-electron chi connectivity index (χ4n) is 2.42. The van der Waals surface area contributed by atoms with Crippen molar-refractivity contribution in [3.05, 3.63) is 35.1 Å². The van der Waals surface area contributed by atoms with Crippen LogP contribution in [0.3, 0.4) is 0 Å². The van der Waals surface area contributed by atoms with Crippen LogP contribution in [0, 0.1) is 11.7 Å². The summed E-state index contributed by atoms with van der Waals surface area (Å²) < 4.78 is 13.7. The number of rotatable bonds is 5. The SMILES string of the molecule is CC1CC1(C)c1cc(F)cc(C(=O)NC[C@@H](N)C(=O)O)c1. The first-order valence-electron chi connectivity index (χ1n) is 6.81. The van der Waals surface area contributed by atoms with Crippen molar-refractivity contribution >= 4 is 11.9 Å². The molecule has 2 rings (SSSR count). The van der Waals surface area contributed by atoms with Crippen molar-refractivity contribution < 1.29 is 19.1 Å². The smallest absolute Gasteiger partial charge is 0.322 e. The van der Waals surface area contributed by atoms with Gasteiger partial charge in [-0.25, -0.2) is 4.39 Å². The monoisotopic (exact) mass is 294 g/mol. The molecule has 3 atom stereocenters. The molecule has 0 aliphatic heterocycles. The van der Waals surface area contributed by atoms with Crippen molar-refractivity contribution in [2.45, 2.75) is 31.7 Å². The lowest BCUT2D eigenvalue weighted by atomic mass is 9.94. The Kier molecular flexibility index (Phi) is 4.00. The van der Waals surface area contributed by atoms with Crippen LogP contribution in [0.4, 0.5) is 4.39 Å². The van der Waals surface area contributed by atoms with Crippen molar-refractivity contribution in [1.82, 2.24) is 5.32 Å². The predicted octanol–water partition coefficient (Wildman–Crippen LogP) is 1.26. The number of carbonyl (C=O) groups is 2. The maximum Gasteiger partial charge on any atom is 0.322 e. The summed E-state index contributed by atoms with van der Waals surface area (Å²) in [5.41, 5.74) is 6.20. The summed E-state index contributed by atoms with van der Waals surface area (Å²) in [4.78, 5) is 22.6. The Hall–Kier alpha value is -1.95. The topological polar surface area (TPSA) is 92.4 Å². The zero-order valence-electron chi connectivity index (χ0n) is 12.0. The number of hydrogen-bond donors (Lipinski definition) is 3. The predicted molar refractivity (Wildman–Crippen MR) is 75.5 cm³/mol. The number of carboxylic acids is 1. The van der Waals surface area contributed by atoms with E-state index in [2.05, 4.69) is 12.2 Å². The first-order valence-corrected chi connectivity index (χ1v) is 6.81. The number of hydrogen-bond acceptors (Lipinski definition) is 3. The minimum atomic E-state index is -1.20. The molecule has 4 N–H and O–H groups in total. The highest BCUT2D eigenvalue weighted by Gasteiger charge is 2.48. The van der Waals surface area contributed by atoms with Crippen LogP contribution in [0.1, 0.15) is 36.2 Å². The first kappa shape index (κ1) is 15.4.